The first kappa shape index (κ1) is 23.6. The maximum absolute atomic E-state index is 13.3. The lowest BCUT2D eigenvalue weighted by Gasteiger charge is -2.13. The number of amides is 1. The number of alkyl halides is 3. The SMILES string of the molecule is CC[C@@H](C)NS(=O)(=O)c1ccc(OCC(=O)Nc2ccc(F)c(C(F)(F)F)c2)cc1. The molecular formula is C19H20F4N2O4S. The number of hydrogen-bond donors (Lipinski definition) is 2. The van der Waals surface area contributed by atoms with Gasteiger partial charge in [0.15, 0.2) is 6.61 Å². The van der Waals surface area contributed by atoms with E-state index in [4.69, 9.17) is 4.74 Å². The van der Waals surface area contributed by atoms with E-state index in [9.17, 15) is 30.8 Å². The van der Waals surface area contributed by atoms with E-state index in [-0.39, 0.29) is 22.4 Å². The molecule has 0 saturated heterocycles. The van der Waals surface area contributed by atoms with Crippen LogP contribution in [0.2, 0.25) is 0 Å². The smallest absolute Gasteiger partial charge is 0.419 e. The summed E-state index contributed by atoms with van der Waals surface area (Å²) in [6.45, 7) is 3.02. The fourth-order valence-corrected chi connectivity index (χ4v) is 3.62. The number of anilines is 1. The first-order valence-electron chi connectivity index (χ1n) is 8.84. The molecule has 0 unspecified atom stereocenters. The third-order valence-corrected chi connectivity index (χ3v) is 5.63. The van der Waals surface area contributed by atoms with E-state index in [1.807, 2.05) is 6.92 Å². The molecule has 164 valence electrons. The van der Waals surface area contributed by atoms with Gasteiger partial charge in [0.25, 0.3) is 5.91 Å². The van der Waals surface area contributed by atoms with Gasteiger partial charge < -0.3 is 10.1 Å². The van der Waals surface area contributed by atoms with Crippen molar-refractivity contribution in [3.63, 3.8) is 0 Å². The van der Waals surface area contributed by atoms with Crippen LogP contribution in [0.3, 0.4) is 0 Å². The van der Waals surface area contributed by atoms with Gasteiger partial charge in [0.1, 0.15) is 11.6 Å². The fraction of sp³-hybridized carbons (Fsp3) is 0.316. The maximum atomic E-state index is 13.3. The van der Waals surface area contributed by atoms with Gasteiger partial charge in [0.05, 0.1) is 10.5 Å². The van der Waals surface area contributed by atoms with Crippen LogP contribution < -0.4 is 14.8 Å². The molecule has 6 nitrogen and oxygen atoms in total. The lowest BCUT2D eigenvalue weighted by molar-refractivity contribution is -0.140. The van der Waals surface area contributed by atoms with Gasteiger partial charge in [-0.2, -0.15) is 13.2 Å². The Hall–Kier alpha value is -2.66. The molecule has 0 radical (unpaired) electrons. The van der Waals surface area contributed by atoms with Crippen LogP contribution in [0.4, 0.5) is 23.2 Å². The van der Waals surface area contributed by atoms with Crippen LogP contribution in [-0.4, -0.2) is 27.0 Å². The Balaban J connectivity index is 1.97. The lowest BCUT2D eigenvalue weighted by atomic mass is 10.2. The summed E-state index contributed by atoms with van der Waals surface area (Å²) in [6, 6.07) is 7.13. The van der Waals surface area contributed by atoms with Crippen molar-refractivity contribution in [3.05, 3.63) is 53.8 Å². The maximum Gasteiger partial charge on any atom is 0.419 e. The van der Waals surface area contributed by atoms with E-state index in [1.165, 1.54) is 24.3 Å². The Bertz CT molecular complexity index is 993. The largest absolute Gasteiger partial charge is 0.484 e. The van der Waals surface area contributed by atoms with Gasteiger partial charge in [0, 0.05) is 11.7 Å². The molecule has 2 aromatic carbocycles. The molecule has 30 heavy (non-hydrogen) atoms. The molecule has 2 N–H and O–H groups in total. The molecular weight excluding hydrogens is 428 g/mol. The van der Waals surface area contributed by atoms with Crippen molar-refractivity contribution in [1.29, 1.82) is 0 Å². The Labute approximate surface area is 171 Å². The average molecular weight is 448 g/mol. The number of sulfonamides is 1. The Morgan fingerprint density at radius 1 is 1.13 bits per heavy atom. The van der Waals surface area contributed by atoms with E-state index in [2.05, 4.69) is 10.0 Å². The van der Waals surface area contributed by atoms with Crippen LogP contribution in [0.25, 0.3) is 0 Å². The number of carbonyl (C=O) groups excluding carboxylic acids is 1. The summed E-state index contributed by atoms with van der Waals surface area (Å²) >= 11 is 0. The van der Waals surface area contributed by atoms with E-state index in [1.54, 1.807) is 6.92 Å². The number of carbonyl (C=O) groups is 1. The van der Waals surface area contributed by atoms with Gasteiger partial charge in [0.2, 0.25) is 10.0 Å². The van der Waals surface area contributed by atoms with E-state index in [0.717, 1.165) is 6.07 Å². The van der Waals surface area contributed by atoms with Gasteiger partial charge in [-0.3, -0.25) is 4.79 Å². The molecule has 11 heteroatoms. The van der Waals surface area contributed by atoms with Gasteiger partial charge in [-0.1, -0.05) is 6.92 Å². The topological polar surface area (TPSA) is 84.5 Å². The molecule has 0 spiro atoms. The second-order valence-electron chi connectivity index (χ2n) is 6.43. The predicted molar refractivity (Wildman–Crippen MR) is 102 cm³/mol. The molecule has 0 aliphatic carbocycles. The number of nitrogens with one attached hydrogen (secondary N) is 2. The van der Waals surface area contributed by atoms with Gasteiger partial charge in [-0.15, -0.1) is 0 Å². The zero-order valence-corrected chi connectivity index (χ0v) is 16.9. The number of benzene rings is 2. The summed E-state index contributed by atoms with van der Waals surface area (Å²) in [4.78, 5) is 11.9. The normalized spacial score (nSPS) is 13.0. The van der Waals surface area contributed by atoms with Crippen molar-refractivity contribution < 1.29 is 35.5 Å². The minimum absolute atomic E-state index is 0.0191. The van der Waals surface area contributed by atoms with Crippen LogP contribution in [0.5, 0.6) is 5.75 Å². The van der Waals surface area contributed by atoms with Gasteiger partial charge >= 0.3 is 6.18 Å². The minimum Gasteiger partial charge on any atom is -0.484 e. The Morgan fingerprint density at radius 3 is 2.33 bits per heavy atom. The van der Waals surface area contributed by atoms with E-state index in [0.29, 0.717) is 18.6 Å². The van der Waals surface area contributed by atoms with E-state index >= 15 is 0 Å². The molecule has 0 heterocycles. The van der Waals surface area contributed by atoms with Crippen LogP contribution in [-0.2, 0) is 21.0 Å². The van der Waals surface area contributed by atoms with Crippen molar-refractivity contribution in [2.45, 2.75) is 37.4 Å². The van der Waals surface area contributed by atoms with Crippen LogP contribution in [0, 0.1) is 5.82 Å². The van der Waals surface area contributed by atoms with Crippen molar-refractivity contribution in [3.8, 4) is 5.75 Å². The highest BCUT2D eigenvalue weighted by Gasteiger charge is 2.34. The molecule has 0 aromatic heterocycles. The summed E-state index contributed by atoms with van der Waals surface area (Å²) in [7, 11) is -3.69. The monoisotopic (exact) mass is 448 g/mol. The third kappa shape index (κ3) is 6.42. The average Bonchev–Trinajstić information content (AvgIpc) is 2.67. The lowest BCUT2D eigenvalue weighted by Crippen LogP contribution is -2.31. The van der Waals surface area contributed by atoms with Crippen molar-refractivity contribution in [1.82, 2.24) is 4.72 Å². The van der Waals surface area contributed by atoms with Crippen molar-refractivity contribution >= 4 is 21.6 Å². The molecule has 0 bridgehead atoms. The number of hydrogen-bond acceptors (Lipinski definition) is 4. The number of rotatable bonds is 8. The molecule has 2 aromatic rings. The second kappa shape index (κ2) is 9.43. The van der Waals surface area contributed by atoms with Crippen LogP contribution in [0.15, 0.2) is 47.4 Å². The fourth-order valence-electron chi connectivity index (χ4n) is 2.30. The number of ether oxygens (including phenoxy) is 1. The standard InChI is InChI=1S/C19H20F4N2O4S/c1-3-12(2)25-30(27,28)15-7-5-14(6-8-15)29-11-18(26)24-13-4-9-17(20)16(10-13)19(21,22)23/h4-10,12,25H,3,11H2,1-2H3,(H,24,26)/t12-/m1/s1. The zero-order chi connectivity index (χ0) is 22.5. The molecule has 0 saturated carbocycles. The molecule has 2 rings (SSSR count). The summed E-state index contributed by atoms with van der Waals surface area (Å²) in [6.07, 6.45) is -4.28. The van der Waals surface area contributed by atoms with Gasteiger partial charge in [-0.25, -0.2) is 17.5 Å². The van der Waals surface area contributed by atoms with Crippen LogP contribution in [0.1, 0.15) is 25.8 Å². The molecule has 1 amide bonds. The number of halogens is 4. The van der Waals surface area contributed by atoms with E-state index < -0.39 is 40.1 Å². The minimum atomic E-state index is -4.90. The third-order valence-electron chi connectivity index (χ3n) is 4.03. The highest BCUT2D eigenvalue weighted by Crippen LogP contribution is 2.33. The summed E-state index contributed by atoms with van der Waals surface area (Å²) in [5.74, 6) is -2.04. The highest BCUT2D eigenvalue weighted by molar-refractivity contribution is 7.89. The summed E-state index contributed by atoms with van der Waals surface area (Å²) in [5.41, 5.74) is -1.74. The molecule has 0 aliphatic heterocycles. The zero-order valence-electron chi connectivity index (χ0n) is 16.1. The van der Waals surface area contributed by atoms with Crippen molar-refractivity contribution in [2.75, 3.05) is 11.9 Å². The van der Waals surface area contributed by atoms with Crippen molar-refractivity contribution in [2.24, 2.45) is 0 Å². The second-order valence-corrected chi connectivity index (χ2v) is 8.15. The predicted octanol–water partition coefficient (Wildman–Crippen LogP) is 3.94. The first-order valence-corrected chi connectivity index (χ1v) is 10.3. The molecule has 1 atom stereocenters. The highest BCUT2D eigenvalue weighted by atomic mass is 32.2. The Kier molecular flexibility index (Phi) is 7.43. The summed E-state index contributed by atoms with van der Waals surface area (Å²) < 4.78 is 83.5. The van der Waals surface area contributed by atoms with Gasteiger partial charge in [-0.05, 0) is 55.8 Å². The Morgan fingerprint density at radius 2 is 1.77 bits per heavy atom. The first-order chi connectivity index (χ1) is 13.9. The molecule has 0 fully saturated rings. The quantitative estimate of drug-likeness (QED) is 0.600. The summed E-state index contributed by atoms with van der Waals surface area (Å²) in [5, 5.41) is 2.18. The molecule has 0 aliphatic rings. The van der Waals surface area contributed by atoms with Crippen LogP contribution >= 0.6 is 0 Å².